The number of benzene rings is 1. The molecule has 0 spiro atoms. The summed E-state index contributed by atoms with van der Waals surface area (Å²) in [7, 11) is 0. The lowest BCUT2D eigenvalue weighted by Gasteiger charge is -1.99. The van der Waals surface area contributed by atoms with Gasteiger partial charge in [-0.05, 0) is 25.5 Å². The first-order chi connectivity index (χ1) is 8.61. The van der Waals surface area contributed by atoms with Crippen molar-refractivity contribution in [1.82, 2.24) is 15.2 Å². The number of hydrogen-bond acceptors (Lipinski definition) is 4. The van der Waals surface area contributed by atoms with Crippen LogP contribution in [-0.2, 0) is 4.74 Å². The molecule has 0 amide bonds. The second-order valence-electron chi connectivity index (χ2n) is 3.69. The lowest BCUT2D eigenvalue weighted by Crippen LogP contribution is -2.06. The molecule has 0 aliphatic rings. The van der Waals surface area contributed by atoms with E-state index in [0.717, 1.165) is 11.1 Å². The van der Waals surface area contributed by atoms with Gasteiger partial charge in [-0.3, -0.25) is 5.10 Å². The zero-order chi connectivity index (χ0) is 13.1. The first-order valence-corrected chi connectivity index (χ1v) is 5.85. The zero-order valence-corrected chi connectivity index (χ0v) is 10.8. The number of nitrogens with zero attached hydrogens (tertiary/aromatic N) is 2. The lowest BCUT2D eigenvalue weighted by molar-refractivity contribution is 0.0512. The minimum Gasteiger partial charge on any atom is -0.460 e. The molecule has 2 aromatic rings. The molecular weight excluding hydrogens is 254 g/mol. The molecule has 0 bridgehead atoms. The summed E-state index contributed by atoms with van der Waals surface area (Å²) in [4.78, 5) is 15.5. The van der Waals surface area contributed by atoms with Gasteiger partial charge in [0.25, 0.3) is 0 Å². The van der Waals surface area contributed by atoms with Crippen LogP contribution >= 0.6 is 11.6 Å². The Kier molecular flexibility index (Phi) is 3.62. The van der Waals surface area contributed by atoms with E-state index in [2.05, 4.69) is 15.2 Å². The van der Waals surface area contributed by atoms with Crippen molar-refractivity contribution in [2.75, 3.05) is 6.61 Å². The Hall–Kier alpha value is -1.88. The minimum absolute atomic E-state index is 0.0866. The van der Waals surface area contributed by atoms with Gasteiger partial charge in [-0.15, -0.1) is 0 Å². The number of nitrogens with one attached hydrogen (secondary N) is 1. The van der Waals surface area contributed by atoms with Gasteiger partial charge in [0, 0.05) is 10.6 Å². The fraction of sp³-hybridized carbons (Fsp3) is 0.250. The van der Waals surface area contributed by atoms with Gasteiger partial charge in [-0.1, -0.05) is 23.7 Å². The second kappa shape index (κ2) is 5.18. The third-order valence-corrected chi connectivity index (χ3v) is 2.79. The summed E-state index contributed by atoms with van der Waals surface area (Å²) < 4.78 is 4.82. The van der Waals surface area contributed by atoms with E-state index >= 15 is 0 Å². The van der Waals surface area contributed by atoms with Crippen molar-refractivity contribution in [1.29, 1.82) is 0 Å². The van der Waals surface area contributed by atoms with Crippen molar-refractivity contribution in [3.05, 3.63) is 34.6 Å². The molecule has 1 aromatic carbocycles. The number of ether oxygens (including phenoxy) is 1. The Bertz CT molecular complexity index is 580. The summed E-state index contributed by atoms with van der Waals surface area (Å²) in [5, 5.41) is 7.14. The van der Waals surface area contributed by atoms with Crippen LogP contribution in [0.1, 0.15) is 23.1 Å². The van der Waals surface area contributed by atoms with E-state index in [1.807, 2.05) is 19.1 Å². The number of esters is 1. The number of carbonyl (C=O) groups excluding carboxylic acids is 1. The van der Waals surface area contributed by atoms with Gasteiger partial charge in [0.2, 0.25) is 5.82 Å². The lowest BCUT2D eigenvalue weighted by atomic mass is 10.1. The van der Waals surface area contributed by atoms with Crippen molar-refractivity contribution in [2.45, 2.75) is 13.8 Å². The molecule has 0 atom stereocenters. The van der Waals surface area contributed by atoms with Crippen LogP contribution in [0.3, 0.4) is 0 Å². The summed E-state index contributed by atoms with van der Waals surface area (Å²) in [5.74, 6) is -0.0158. The van der Waals surface area contributed by atoms with Gasteiger partial charge in [0.05, 0.1) is 6.61 Å². The molecule has 1 N–H and O–H groups in total. The molecule has 5 nitrogen and oxygen atoms in total. The van der Waals surface area contributed by atoms with Crippen molar-refractivity contribution < 1.29 is 9.53 Å². The van der Waals surface area contributed by atoms with E-state index in [9.17, 15) is 4.79 Å². The van der Waals surface area contributed by atoms with Crippen LogP contribution < -0.4 is 0 Å². The van der Waals surface area contributed by atoms with Crippen molar-refractivity contribution in [2.24, 2.45) is 0 Å². The first kappa shape index (κ1) is 12.6. The van der Waals surface area contributed by atoms with Crippen LogP contribution in [0.25, 0.3) is 11.4 Å². The highest BCUT2D eigenvalue weighted by atomic mass is 35.5. The summed E-state index contributed by atoms with van der Waals surface area (Å²) in [6.45, 7) is 3.94. The minimum atomic E-state index is -0.519. The highest BCUT2D eigenvalue weighted by Crippen LogP contribution is 2.22. The Labute approximate surface area is 109 Å². The Morgan fingerprint density at radius 3 is 2.94 bits per heavy atom. The molecule has 0 fully saturated rings. The Morgan fingerprint density at radius 2 is 2.28 bits per heavy atom. The van der Waals surface area contributed by atoms with Crippen LogP contribution in [0.5, 0.6) is 0 Å². The number of rotatable bonds is 3. The van der Waals surface area contributed by atoms with Crippen LogP contribution in [0.4, 0.5) is 0 Å². The van der Waals surface area contributed by atoms with Crippen LogP contribution in [-0.4, -0.2) is 27.8 Å². The molecule has 0 saturated carbocycles. The molecule has 2 rings (SSSR count). The average molecular weight is 266 g/mol. The number of H-pyrrole nitrogens is 1. The van der Waals surface area contributed by atoms with E-state index in [0.29, 0.717) is 17.5 Å². The summed E-state index contributed by atoms with van der Waals surface area (Å²) in [5.41, 5.74) is 1.72. The molecule has 0 aliphatic carbocycles. The summed E-state index contributed by atoms with van der Waals surface area (Å²) >= 11 is 6.03. The quantitative estimate of drug-likeness (QED) is 0.866. The molecule has 94 valence electrons. The van der Waals surface area contributed by atoms with Crippen molar-refractivity contribution >= 4 is 17.6 Å². The van der Waals surface area contributed by atoms with Crippen LogP contribution in [0, 0.1) is 6.92 Å². The summed E-state index contributed by atoms with van der Waals surface area (Å²) in [6.07, 6.45) is 0. The predicted octanol–water partition coefficient (Wildman–Crippen LogP) is 2.61. The van der Waals surface area contributed by atoms with E-state index < -0.39 is 5.97 Å². The highest BCUT2D eigenvalue weighted by Gasteiger charge is 2.14. The number of halogens is 1. The van der Waals surface area contributed by atoms with E-state index in [-0.39, 0.29) is 5.82 Å². The Morgan fingerprint density at radius 1 is 1.50 bits per heavy atom. The van der Waals surface area contributed by atoms with E-state index in [1.165, 1.54) is 0 Å². The van der Waals surface area contributed by atoms with Crippen LogP contribution in [0.2, 0.25) is 5.02 Å². The SMILES string of the molecule is CCOC(=O)c1nc(-c2ccc(C)c(Cl)c2)n[nH]1. The molecule has 0 radical (unpaired) electrons. The van der Waals surface area contributed by atoms with Crippen LogP contribution in [0.15, 0.2) is 18.2 Å². The van der Waals surface area contributed by atoms with E-state index in [1.54, 1.807) is 13.0 Å². The average Bonchev–Trinajstić information content (AvgIpc) is 2.82. The first-order valence-electron chi connectivity index (χ1n) is 5.48. The van der Waals surface area contributed by atoms with Gasteiger partial charge in [0.1, 0.15) is 0 Å². The normalized spacial score (nSPS) is 10.4. The maximum absolute atomic E-state index is 11.4. The summed E-state index contributed by atoms with van der Waals surface area (Å²) in [6, 6.07) is 5.48. The maximum Gasteiger partial charge on any atom is 0.375 e. The monoisotopic (exact) mass is 265 g/mol. The van der Waals surface area contributed by atoms with E-state index in [4.69, 9.17) is 16.3 Å². The zero-order valence-electron chi connectivity index (χ0n) is 10.0. The number of aromatic nitrogens is 3. The largest absolute Gasteiger partial charge is 0.460 e. The number of aryl methyl sites for hydroxylation is 1. The molecule has 0 unspecified atom stereocenters. The van der Waals surface area contributed by atoms with Gasteiger partial charge < -0.3 is 4.74 Å². The third-order valence-electron chi connectivity index (χ3n) is 2.38. The smallest absolute Gasteiger partial charge is 0.375 e. The maximum atomic E-state index is 11.4. The predicted molar refractivity (Wildman–Crippen MR) is 67.5 cm³/mol. The fourth-order valence-corrected chi connectivity index (χ4v) is 1.59. The topological polar surface area (TPSA) is 67.9 Å². The number of hydrogen-bond donors (Lipinski definition) is 1. The van der Waals surface area contributed by atoms with Gasteiger partial charge >= 0.3 is 5.97 Å². The number of aromatic amines is 1. The standard InChI is InChI=1S/C12H12ClN3O2/c1-3-18-12(17)11-14-10(15-16-11)8-5-4-7(2)9(13)6-8/h4-6H,3H2,1-2H3,(H,14,15,16). The molecule has 0 aliphatic heterocycles. The second-order valence-corrected chi connectivity index (χ2v) is 4.10. The molecule has 18 heavy (non-hydrogen) atoms. The highest BCUT2D eigenvalue weighted by molar-refractivity contribution is 6.31. The van der Waals surface area contributed by atoms with Gasteiger partial charge in [-0.25, -0.2) is 9.78 Å². The molecule has 6 heteroatoms. The number of carbonyl (C=O) groups is 1. The molecule has 1 aromatic heterocycles. The molecule has 1 heterocycles. The van der Waals surface area contributed by atoms with Gasteiger partial charge in [-0.2, -0.15) is 5.10 Å². The van der Waals surface area contributed by atoms with Gasteiger partial charge in [0.15, 0.2) is 5.82 Å². The van der Waals surface area contributed by atoms with Crippen molar-refractivity contribution in [3.63, 3.8) is 0 Å². The van der Waals surface area contributed by atoms with Crippen molar-refractivity contribution in [3.8, 4) is 11.4 Å². The fourth-order valence-electron chi connectivity index (χ4n) is 1.41. The third kappa shape index (κ3) is 2.51. The molecular formula is C12H12ClN3O2. The molecule has 0 saturated heterocycles. The Balaban J connectivity index is 2.29.